The maximum Gasteiger partial charge on any atom is 0.308 e. The molecule has 1 aliphatic rings. The molecule has 10 heteroatoms. The molecule has 0 unspecified atom stereocenters. The van der Waals surface area contributed by atoms with Crippen LogP contribution in [0.1, 0.15) is 25.0 Å². The summed E-state index contributed by atoms with van der Waals surface area (Å²) in [5, 5.41) is 3.02. The summed E-state index contributed by atoms with van der Waals surface area (Å²) < 4.78 is 27.3. The normalized spacial score (nSPS) is 13.7. The van der Waals surface area contributed by atoms with Crippen LogP contribution in [0.5, 0.6) is 28.7 Å². The van der Waals surface area contributed by atoms with E-state index in [1.807, 2.05) is 24.3 Å². The number of ether oxygens (including phenoxy) is 5. The summed E-state index contributed by atoms with van der Waals surface area (Å²) in [6.45, 7) is 8.54. The Morgan fingerprint density at radius 2 is 1.42 bits per heavy atom. The van der Waals surface area contributed by atoms with Crippen LogP contribution in [0.3, 0.4) is 0 Å². The second-order valence-electron chi connectivity index (χ2n) is 9.90. The fraction of sp³-hybridized carbons (Fsp3) is 0.333. The monoisotopic (exact) mass is 589 g/mol. The van der Waals surface area contributed by atoms with Crippen molar-refractivity contribution in [1.82, 2.24) is 4.90 Å². The number of anilines is 2. The van der Waals surface area contributed by atoms with Gasteiger partial charge < -0.3 is 38.8 Å². The number of piperazine rings is 1. The Bertz CT molecular complexity index is 1440. The van der Waals surface area contributed by atoms with Gasteiger partial charge in [-0.1, -0.05) is 13.0 Å². The van der Waals surface area contributed by atoms with E-state index in [0.29, 0.717) is 45.4 Å². The number of carbonyl (C=O) groups excluding carboxylic acids is 2. The summed E-state index contributed by atoms with van der Waals surface area (Å²) in [5.74, 6) is 0.995. The molecule has 1 fully saturated rings. The van der Waals surface area contributed by atoms with E-state index in [4.69, 9.17) is 23.7 Å². The largest absolute Gasteiger partial charge is 0.493 e. The number of hydrogen-bond acceptors (Lipinski definition) is 9. The maximum absolute atomic E-state index is 13.9. The highest BCUT2D eigenvalue weighted by Gasteiger charge is 2.21. The molecule has 3 aromatic rings. The molecular formula is C33H39N3O7. The van der Waals surface area contributed by atoms with Gasteiger partial charge in [-0.25, -0.2) is 0 Å². The Morgan fingerprint density at radius 1 is 0.791 bits per heavy atom. The van der Waals surface area contributed by atoms with Crippen molar-refractivity contribution in [2.45, 2.75) is 13.8 Å². The predicted octanol–water partition coefficient (Wildman–Crippen LogP) is 4.97. The Balaban J connectivity index is 1.70. The molecule has 1 N–H and O–H groups in total. The van der Waals surface area contributed by atoms with E-state index in [2.05, 4.69) is 22.0 Å². The molecule has 0 radical (unpaired) electrons. The third-order valence-corrected chi connectivity index (χ3v) is 7.28. The lowest BCUT2D eigenvalue weighted by Gasteiger charge is -2.35. The molecule has 0 bridgehead atoms. The second-order valence-corrected chi connectivity index (χ2v) is 9.90. The molecule has 0 aliphatic carbocycles. The van der Waals surface area contributed by atoms with Crippen LogP contribution in [0, 0.1) is 0 Å². The summed E-state index contributed by atoms with van der Waals surface area (Å²) >= 11 is 0. The Labute approximate surface area is 252 Å². The lowest BCUT2D eigenvalue weighted by molar-refractivity contribution is -0.132. The standard InChI is InChI=1S/C33H39N3O7/c1-7-35-14-16-36(17-15-35)26-11-9-25(10-12-26)34-33(38)27(24-20-30(40-4)32(42-6)31(21-24)41-5)18-23-8-13-28(39-3)29(19-23)43-22(2)37/h8-13,18-21H,7,14-17H2,1-6H3,(H,34,38)/b27-18+. The number of benzene rings is 3. The van der Waals surface area contributed by atoms with Gasteiger partial charge in [-0.05, 0) is 72.3 Å². The average molecular weight is 590 g/mol. The number of hydrogen-bond donors (Lipinski definition) is 1. The van der Waals surface area contributed by atoms with Crippen LogP contribution in [-0.2, 0) is 9.59 Å². The average Bonchev–Trinajstić information content (AvgIpc) is 3.03. The number of esters is 1. The van der Waals surface area contributed by atoms with E-state index in [1.165, 1.54) is 35.4 Å². The van der Waals surface area contributed by atoms with Gasteiger partial charge in [-0.3, -0.25) is 9.59 Å². The maximum atomic E-state index is 13.9. The SMILES string of the molecule is CCN1CCN(c2ccc(NC(=O)/C(=C/c3ccc(OC)c(OC(C)=O)c3)c3cc(OC)c(OC)c(OC)c3)cc2)CC1. The van der Waals surface area contributed by atoms with Crippen molar-refractivity contribution in [3.05, 3.63) is 65.7 Å². The van der Waals surface area contributed by atoms with Crippen molar-refractivity contribution in [2.24, 2.45) is 0 Å². The fourth-order valence-electron chi connectivity index (χ4n) is 4.98. The summed E-state index contributed by atoms with van der Waals surface area (Å²) in [5.41, 5.74) is 3.22. The molecule has 3 aromatic carbocycles. The van der Waals surface area contributed by atoms with Gasteiger partial charge >= 0.3 is 5.97 Å². The molecule has 1 aliphatic heterocycles. The zero-order chi connectivity index (χ0) is 30.9. The summed E-state index contributed by atoms with van der Waals surface area (Å²) in [6, 6.07) is 16.3. The zero-order valence-electron chi connectivity index (χ0n) is 25.6. The Morgan fingerprint density at radius 3 is 1.95 bits per heavy atom. The van der Waals surface area contributed by atoms with Gasteiger partial charge in [0.25, 0.3) is 5.91 Å². The van der Waals surface area contributed by atoms with Gasteiger partial charge in [0, 0.05) is 50.1 Å². The summed E-state index contributed by atoms with van der Waals surface area (Å²) in [7, 11) is 6.04. The van der Waals surface area contributed by atoms with Crippen LogP contribution >= 0.6 is 0 Å². The first-order valence-electron chi connectivity index (χ1n) is 14.1. The lowest BCUT2D eigenvalue weighted by Crippen LogP contribution is -2.46. The second kappa shape index (κ2) is 14.5. The molecular weight excluding hydrogens is 550 g/mol. The third-order valence-electron chi connectivity index (χ3n) is 7.28. The molecule has 43 heavy (non-hydrogen) atoms. The van der Waals surface area contributed by atoms with Crippen LogP contribution < -0.4 is 33.9 Å². The zero-order valence-corrected chi connectivity index (χ0v) is 25.6. The van der Waals surface area contributed by atoms with Crippen molar-refractivity contribution in [2.75, 3.05) is 71.4 Å². The number of methoxy groups -OCH3 is 4. The first-order chi connectivity index (χ1) is 20.8. The highest BCUT2D eigenvalue weighted by molar-refractivity contribution is 6.29. The highest BCUT2D eigenvalue weighted by Crippen LogP contribution is 2.41. The molecule has 1 heterocycles. The van der Waals surface area contributed by atoms with Crippen molar-refractivity contribution in [1.29, 1.82) is 0 Å². The first kappa shape index (κ1) is 31.2. The highest BCUT2D eigenvalue weighted by atomic mass is 16.6. The molecule has 0 spiro atoms. The van der Waals surface area contributed by atoms with E-state index < -0.39 is 5.97 Å². The lowest BCUT2D eigenvalue weighted by atomic mass is 10.00. The van der Waals surface area contributed by atoms with Crippen LogP contribution in [-0.4, -0.2) is 77.9 Å². The van der Waals surface area contributed by atoms with Crippen LogP contribution in [0.25, 0.3) is 11.6 Å². The quantitative estimate of drug-likeness (QED) is 0.144. The summed E-state index contributed by atoms with van der Waals surface area (Å²) in [4.78, 5) is 30.4. The van der Waals surface area contributed by atoms with E-state index in [0.717, 1.165) is 38.4 Å². The number of nitrogens with one attached hydrogen (secondary N) is 1. The van der Waals surface area contributed by atoms with E-state index in [9.17, 15) is 9.59 Å². The minimum absolute atomic E-state index is 0.240. The van der Waals surface area contributed by atoms with Crippen molar-refractivity contribution in [3.63, 3.8) is 0 Å². The first-order valence-corrected chi connectivity index (χ1v) is 14.1. The van der Waals surface area contributed by atoms with E-state index in [1.54, 1.807) is 36.4 Å². The van der Waals surface area contributed by atoms with E-state index in [-0.39, 0.29) is 11.7 Å². The molecule has 1 amide bonds. The van der Waals surface area contributed by atoms with Gasteiger partial charge in [0.05, 0.1) is 28.4 Å². The molecule has 4 rings (SSSR count). The number of nitrogens with zero attached hydrogens (tertiary/aromatic N) is 2. The van der Waals surface area contributed by atoms with Crippen LogP contribution in [0.15, 0.2) is 54.6 Å². The van der Waals surface area contributed by atoms with Crippen molar-refractivity contribution in [3.8, 4) is 28.7 Å². The number of likely N-dealkylation sites (N-methyl/N-ethyl adjacent to an activating group) is 1. The molecule has 1 saturated heterocycles. The van der Waals surface area contributed by atoms with Gasteiger partial charge in [0.2, 0.25) is 5.75 Å². The molecule has 0 atom stereocenters. The molecule has 228 valence electrons. The molecule has 0 saturated carbocycles. The van der Waals surface area contributed by atoms with Gasteiger partial charge in [0.1, 0.15) is 0 Å². The molecule has 0 aromatic heterocycles. The Hall–Kier alpha value is -4.70. The van der Waals surface area contributed by atoms with Crippen LogP contribution in [0.2, 0.25) is 0 Å². The van der Waals surface area contributed by atoms with Crippen molar-refractivity contribution >= 4 is 34.9 Å². The van der Waals surface area contributed by atoms with E-state index >= 15 is 0 Å². The number of amides is 1. The fourth-order valence-corrected chi connectivity index (χ4v) is 4.98. The van der Waals surface area contributed by atoms with Crippen LogP contribution in [0.4, 0.5) is 11.4 Å². The topological polar surface area (TPSA) is 98.8 Å². The third kappa shape index (κ3) is 7.58. The number of carbonyl (C=O) groups is 2. The minimum Gasteiger partial charge on any atom is -0.493 e. The smallest absolute Gasteiger partial charge is 0.308 e. The van der Waals surface area contributed by atoms with Gasteiger partial charge in [-0.2, -0.15) is 0 Å². The minimum atomic E-state index is -0.488. The predicted molar refractivity (Wildman–Crippen MR) is 168 cm³/mol. The molecule has 10 nitrogen and oxygen atoms in total. The number of rotatable bonds is 11. The summed E-state index contributed by atoms with van der Waals surface area (Å²) in [6.07, 6.45) is 1.70. The van der Waals surface area contributed by atoms with Gasteiger partial charge in [0.15, 0.2) is 23.0 Å². The Kier molecular flexibility index (Phi) is 10.5. The van der Waals surface area contributed by atoms with Gasteiger partial charge in [-0.15, -0.1) is 0 Å². The van der Waals surface area contributed by atoms with Crippen molar-refractivity contribution < 1.29 is 33.3 Å².